The lowest BCUT2D eigenvalue weighted by atomic mass is 9.82. The van der Waals surface area contributed by atoms with Gasteiger partial charge in [0.05, 0.1) is 16.9 Å². The molecule has 8 aromatic rings. The maximum Gasteiger partial charge on any atom is 0.205 e. The van der Waals surface area contributed by atoms with E-state index in [0.717, 1.165) is 39.6 Å². The molecular weight excluding hydrogens is 765 g/mol. The quantitative estimate of drug-likeness (QED) is 0.0944. The molecule has 2 N–H and O–H groups in total. The molecule has 7 aromatic carbocycles. The minimum absolute atomic E-state index is 0.198. The summed E-state index contributed by atoms with van der Waals surface area (Å²) >= 11 is 0. The summed E-state index contributed by atoms with van der Waals surface area (Å²) in [5, 5.41) is 3.45. The Balaban J connectivity index is 0.853. The molecular formula is C59H46N4. The molecule has 302 valence electrons. The molecule has 1 aromatic heterocycles. The Morgan fingerprint density at radius 3 is 2.06 bits per heavy atom. The van der Waals surface area contributed by atoms with Crippen LogP contribution in [0.25, 0.3) is 62.0 Å². The van der Waals surface area contributed by atoms with Crippen LogP contribution in [0.4, 0.5) is 11.4 Å². The zero-order valence-corrected chi connectivity index (χ0v) is 34.9. The molecule has 3 aliphatic rings. The van der Waals surface area contributed by atoms with Crippen molar-refractivity contribution < 1.29 is 0 Å². The summed E-state index contributed by atoms with van der Waals surface area (Å²) in [5.74, 6) is 0.900. The number of fused-ring (bicyclic) bond motifs is 6. The van der Waals surface area contributed by atoms with Gasteiger partial charge in [-0.05, 0) is 98.5 Å². The highest BCUT2D eigenvalue weighted by Crippen LogP contribution is 2.49. The van der Waals surface area contributed by atoms with Gasteiger partial charge in [-0.15, -0.1) is 0 Å². The van der Waals surface area contributed by atoms with Crippen LogP contribution in [0.3, 0.4) is 0 Å². The van der Waals surface area contributed by atoms with Gasteiger partial charge in [0.2, 0.25) is 5.96 Å². The third kappa shape index (κ3) is 7.06. The molecule has 3 atom stereocenters. The Labute approximate surface area is 368 Å². The number of allylic oxidation sites excluding steroid dienone is 4. The van der Waals surface area contributed by atoms with E-state index in [-0.39, 0.29) is 17.9 Å². The molecule has 2 heterocycles. The largest absolute Gasteiger partial charge is 0.369 e. The number of anilines is 2. The van der Waals surface area contributed by atoms with Gasteiger partial charge in [-0.1, -0.05) is 189 Å². The Bertz CT molecular complexity index is 3290. The highest BCUT2D eigenvalue weighted by atomic mass is 15.2. The van der Waals surface area contributed by atoms with Crippen molar-refractivity contribution in [1.82, 2.24) is 4.57 Å². The van der Waals surface area contributed by atoms with Gasteiger partial charge in [0.15, 0.2) is 0 Å². The van der Waals surface area contributed by atoms with Crippen molar-refractivity contribution in [2.24, 2.45) is 16.6 Å². The zero-order valence-electron chi connectivity index (χ0n) is 34.9. The van der Waals surface area contributed by atoms with Crippen LogP contribution < -0.4 is 21.2 Å². The van der Waals surface area contributed by atoms with Gasteiger partial charge in [-0.3, -0.25) is 4.57 Å². The molecule has 0 spiro atoms. The molecule has 0 fully saturated rings. The predicted octanol–water partition coefficient (Wildman–Crippen LogP) is 12.4. The van der Waals surface area contributed by atoms with Gasteiger partial charge in [-0.25, -0.2) is 4.99 Å². The highest BCUT2D eigenvalue weighted by Gasteiger charge is 2.38. The monoisotopic (exact) mass is 810 g/mol. The average Bonchev–Trinajstić information content (AvgIpc) is 3.87. The van der Waals surface area contributed by atoms with E-state index >= 15 is 0 Å². The second-order valence-corrected chi connectivity index (χ2v) is 16.6. The number of benzene rings is 7. The molecule has 4 nitrogen and oxygen atoms in total. The van der Waals surface area contributed by atoms with Crippen molar-refractivity contribution >= 4 is 46.0 Å². The van der Waals surface area contributed by atoms with Crippen molar-refractivity contribution in [1.29, 1.82) is 0 Å². The first-order valence-electron chi connectivity index (χ1n) is 21.8. The summed E-state index contributed by atoms with van der Waals surface area (Å²) < 4.78 is 2.10. The number of para-hydroxylation sites is 2. The standard InChI is InChI=1S/C59H46N4/c1-40(45-18-12-19-46(36-45)44-28-26-43(27-29-44)41-14-4-2-5-15-41)34-35-61-59(60)63-56-25-11-9-23-52(56)54-39-49(31-33-58(54)63)48-30-32-57-53(38-48)51-22-8-10-24-55(51)62(57)50-21-13-20-47(37-50)42-16-6-3-7-17-42/h2-30,32-39,49,53,57H,1,31H2,(H2,60,61)/b35-34-. The van der Waals surface area contributed by atoms with E-state index in [1.807, 2.05) is 12.1 Å². The van der Waals surface area contributed by atoms with Crippen LogP contribution in [0.5, 0.6) is 0 Å². The molecule has 4 heteroatoms. The van der Waals surface area contributed by atoms with E-state index in [1.165, 1.54) is 55.4 Å². The molecule has 0 saturated carbocycles. The topological polar surface area (TPSA) is 46.5 Å². The van der Waals surface area contributed by atoms with Gasteiger partial charge in [0.1, 0.15) is 0 Å². The first-order valence-corrected chi connectivity index (χ1v) is 21.8. The average molecular weight is 811 g/mol. The maximum atomic E-state index is 6.86. The lowest BCUT2D eigenvalue weighted by molar-refractivity contribution is 0.717. The summed E-state index contributed by atoms with van der Waals surface area (Å²) in [7, 11) is 0. The van der Waals surface area contributed by atoms with E-state index < -0.39 is 0 Å². The molecule has 0 saturated heterocycles. The molecule has 2 aliphatic carbocycles. The summed E-state index contributed by atoms with van der Waals surface area (Å²) in [5.41, 5.74) is 22.2. The molecule has 11 rings (SSSR count). The van der Waals surface area contributed by atoms with Gasteiger partial charge in [-0.2, -0.15) is 0 Å². The Morgan fingerprint density at radius 1 is 0.635 bits per heavy atom. The number of aliphatic imine (C=N–C) groups is 1. The number of aromatic nitrogens is 1. The summed E-state index contributed by atoms with van der Waals surface area (Å²) in [4.78, 5) is 7.31. The van der Waals surface area contributed by atoms with Crippen LogP contribution in [-0.4, -0.2) is 16.6 Å². The zero-order chi connectivity index (χ0) is 42.3. The van der Waals surface area contributed by atoms with E-state index in [9.17, 15) is 0 Å². The van der Waals surface area contributed by atoms with Crippen LogP contribution >= 0.6 is 0 Å². The van der Waals surface area contributed by atoms with E-state index in [1.54, 1.807) is 6.20 Å². The molecule has 0 amide bonds. The smallest absolute Gasteiger partial charge is 0.205 e. The first-order chi connectivity index (χ1) is 31.1. The molecule has 3 unspecified atom stereocenters. The molecule has 63 heavy (non-hydrogen) atoms. The van der Waals surface area contributed by atoms with Crippen LogP contribution in [0.1, 0.15) is 23.5 Å². The Hall–Kier alpha value is -7.95. The maximum absolute atomic E-state index is 6.86. The van der Waals surface area contributed by atoms with Crippen LogP contribution in [0.2, 0.25) is 0 Å². The van der Waals surface area contributed by atoms with Crippen molar-refractivity contribution in [3.63, 3.8) is 0 Å². The summed E-state index contributed by atoms with van der Waals surface area (Å²) in [6.07, 6.45) is 16.7. The van der Waals surface area contributed by atoms with Gasteiger partial charge in [0, 0.05) is 40.0 Å². The Morgan fingerprint density at radius 2 is 1.27 bits per heavy atom. The predicted molar refractivity (Wildman–Crippen MR) is 265 cm³/mol. The van der Waals surface area contributed by atoms with Crippen molar-refractivity contribution in [2.45, 2.75) is 18.4 Å². The van der Waals surface area contributed by atoms with Crippen LogP contribution in [0.15, 0.2) is 230 Å². The summed E-state index contributed by atoms with van der Waals surface area (Å²) in [6, 6.07) is 64.9. The lowest BCUT2D eigenvalue weighted by Crippen LogP contribution is -2.39. The number of nitrogens with zero attached hydrogens (tertiary/aromatic N) is 3. The number of nitrogens with two attached hydrogens (primary N) is 1. The molecule has 0 bridgehead atoms. The van der Waals surface area contributed by atoms with Gasteiger partial charge < -0.3 is 10.6 Å². The lowest BCUT2D eigenvalue weighted by Gasteiger charge is -2.31. The van der Waals surface area contributed by atoms with E-state index in [0.29, 0.717) is 5.96 Å². The third-order valence-corrected chi connectivity index (χ3v) is 12.9. The van der Waals surface area contributed by atoms with Crippen molar-refractivity contribution in [2.75, 3.05) is 4.90 Å². The fourth-order valence-electron chi connectivity index (χ4n) is 9.77. The van der Waals surface area contributed by atoms with Gasteiger partial charge in [0.25, 0.3) is 0 Å². The second kappa shape index (κ2) is 16.2. The minimum atomic E-state index is 0.198. The number of hydrogen-bond acceptors (Lipinski definition) is 2. The first kappa shape index (κ1) is 38.0. The molecule has 1 aliphatic heterocycles. The fraction of sp³-hybridized carbons (Fsp3) is 0.0678. The van der Waals surface area contributed by atoms with E-state index in [2.05, 4.69) is 222 Å². The van der Waals surface area contributed by atoms with Crippen molar-refractivity contribution in [3.8, 4) is 33.4 Å². The van der Waals surface area contributed by atoms with Gasteiger partial charge >= 0.3 is 0 Å². The number of rotatable bonds is 8. The normalized spacial score (nSPS) is 17.7. The Kier molecular flexibility index (Phi) is 9.74. The molecule has 0 radical (unpaired) electrons. The number of hydrogen-bond donors (Lipinski definition) is 1. The summed E-state index contributed by atoms with van der Waals surface area (Å²) in [6.45, 7) is 4.38. The van der Waals surface area contributed by atoms with E-state index in [4.69, 9.17) is 10.7 Å². The third-order valence-electron chi connectivity index (χ3n) is 12.9. The second-order valence-electron chi connectivity index (χ2n) is 16.6. The highest BCUT2D eigenvalue weighted by molar-refractivity contribution is 5.95. The van der Waals surface area contributed by atoms with Crippen molar-refractivity contribution in [3.05, 3.63) is 246 Å². The SMILES string of the molecule is C=C(/C=C\N=C(/N)n1c2c(c3ccccc31)=CC(C1=CC3c4ccccc4N(c4cccc(-c5ccccc5)c4)C3C=C1)CC=2)c1cccc(-c2ccc(-c3ccccc3)cc2)c1. The minimum Gasteiger partial charge on any atom is -0.369 e. The fourth-order valence-corrected chi connectivity index (χ4v) is 9.77. The van der Waals surface area contributed by atoms with Crippen LogP contribution in [-0.2, 0) is 0 Å². The van der Waals surface area contributed by atoms with Crippen LogP contribution in [0, 0.1) is 5.92 Å².